The average molecular weight is 197 g/mol. The predicted octanol–water partition coefficient (Wildman–Crippen LogP) is 0.607. The fraction of sp³-hybridized carbons (Fsp3) is 0.800. The molecule has 4 heteroatoms. The Morgan fingerprint density at radius 2 is 2.14 bits per heavy atom. The van der Waals surface area contributed by atoms with Crippen molar-refractivity contribution in [2.24, 2.45) is 5.92 Å². The molecule has 0 aliphatic heterocycles. The third-order valence-electron chi connectivity index (χ3n) is 3.37. The van der Waals surface area contributed by atoms with E-state index < -0.39 is 0 Å². The number of carbonyl (C=O) groups excluding carboxylic acids is 2. The molecule has 0 aromatic heterocycles. The van der Waals surface area contributed by atoms with Crippen LogP contribution in [-0.4, -0.2) is 23.5 Å². The second kappa shape index (κ2) is 2.97. The van der Waals surface area contributed by atoms with E-state index in [-0.39, 0.29) is 23.5 Å². The summed E-state index contributed by atoms with van der Waals surface area (Å²) in [4.78, 5) is 21.7. The summed E-state index contributed by atoms with van der Waals surface area (Å²) in [6.07, 6.45) is 2.90. The Morgan fingerprint density at radius 1 is 1.43 bits per heavy atom. The van der Waals surface area contributed by atoms with E-state index in [1.165, 1.54) is 13.8 Å². The number of hydrogen-bond acceptors (Lipinski definition) is 3. The van der Waals surface area contributed by atoms with Gasteiger partial charge < -0.3 is 10.1 Å². The second-order valence-electron chi connectivity index (χ2n) is 4.33. The van der Waals surface area contributed by atoms with Crippen LogP contribution < -0.4 is 5.32 Å². The summed E-state index contributed by atoms with van der Waals surface area (Å²) in [7, 11) is 0. The van der Waals surface area contributed by atoms with Gasteiger partial charge in [0.1, 0.15) is 6.10 Å². The third kappa shape index (κ3) is 1.29. The molecule has 0 heterocycles. The first kappa shape index (κ1) is 9.49. The molecule has 3 atom stereocenters. The van der Waals surface area contributed by atoms with Gasteiger partial charge in [-0.15, -0.1) is 0 Å². The van der Waals surface area contributed by atoms with Gasteiger partial charge in [0.2, 0.25) is 5.91 Å². The Labute approximate surface area is 83.0 Å². The molecule has 0 radical (unpaired) electrons. The van der Waals surface area contributed by atoms with Gasteiger partial charge in [-0.1, -0.05) is 0 Å². The maximum atomic E-state index is 10.9. The molecular weight excluding hydrogens is 182 g/mol. The molecule has 2 rings (SSSR count). The van der Waals surface area contributed by atoms with Crippen molar-refractivity contribution in [2.45, 2.75) is 44.8 Å². The van der Waals surface area contributed by atoms with Crippen molar-refractivity contribution in [2.75, 3.05) is 0 Å². The van der Waals surface area contributed by atoms with E-state index in [9.17, 15) is 9.59 Å². The van der Waals surface area contributed by atoms with Gasteiger partial charge >= 0.3 is 5.97 Å². The van der Waals surface area contributed by atoms with Crippen LogP contribution in [0.5, 0.6) is 0 Å². The number of carbonyl (C=O) groups is 2. The van der Waals surface area contributed by atoms with Crippen molar-refractivity contribution in [3.63, 3.8) is 0 Å². The standard InChI is InChI=1S/C10H15NO3/c1-6(12)11-10-4-3-8(10)9(5-10)14-7(2)13/h8-9H,3-5H2,1-2H3,(H,11,12). The summed E-state index contributed by atoms with van der Waals surface area (Å²) in [5, 5.41) is 2.97. The van der Waals surface area contributed by atoms with E-state index in [4.69, 9.17) is 4.74 Å². The first-order valence-corrected chi connectivity index (χ1v) is 4.99. The van der Waals surface area contributed by atoms with Gasteiger partial charge in [0.15, 0.2) is 0 Å². The van der Waals surface area contributed by atoms with Gasteiger partial charge in [-0.05, 0) is 12.8 Å². The highest BCUT2D eigenvalue weighted by Crippen LogP contribution is 2.55. The summed E-state index contributed by atoms with van der Waals surface area (Å²) < 4.78 is 5.14. The van der Waals surface area contributed by atoms with Crippen LogP contribution in [0.1, 0.15) is 33.1 Å². The number of amides is 1. The number of fused-ring (bicyclic) bond motifs is 1. The number of nitrogens with one attached hydrogen (secondary N) is 1. The van der Waals surface area contributed by atoms with E-state index in [2.05, 4.69) is 5.32 Å². The maximum absolute atomic E-state index is 10.9. The lowest BCUT2D eigenvalue weighted by Crippen LogP contribution is -2.72. The van der Waals surface area contributed by atoms with E-state index >= 15 is 0 Å². The van der Waals surface area contributed by atoms with Crippen molar-refractivity contribution in [1.82, 2.24) is 5.32 Å². The number of hydrogen-bond donors (Lipinski definition) is 1. The first-order valence-electron chi connectivity index (χ1n) is 4.99. The van der Waals surface area contributed by atoms with Crippen molar-refractivity contribution in [3.8, 4) is 0 Å². The summed E-state index contributed by atoms with van der Waals surface area (Å²) in [6, 6.07) is 0. The highest BCUT2D eigenvalue weighted by atomic mass is 16.5. The number of esters is 1. The molecule has 1 amide bonds. The Balaban J connectivity index is 1.90. The van der Waals surface area contributed by atoms with Gasteiger partial charge in [-0.2, -0.15) is 0 Å². The van der Waals surface area contributed by atoms with E-state index in [0.717, 1.165) is 19.3 Å². The molecule has 2 aliphatic carbocycles. The molecule has 0 saturated heterocycles. The van der Waals surface area contributed by atoms with Gasteiger partial charge in [0, 0.05) is 31.7 Å². The minimum atomic E-state index is -0.224. The fourth-order valence-electron chi connectivity index (χ4n) is 2.69. The molecule has 2 aliphatic rings. The van der Waals surface area contributed by atoms with Gasteiger partial charge in [0.25, 0.3) is 0 Å². The molecule has 4 nitrogen and oxygen atoms in total. The molecule has 2 fully saturated rings. The third-order valence-corrected chi connectivity index (χ3v) is 3.37. The minimum absolute atomic E-state index is 0.0102. The van der Waals surface area contributed by atoms with E-state index in [0.29, 0.717) is 5.92 Å². The summed E-state index contributed by atoms with van der Waals surface area (Å²) in [5.74, 6) is 0.143. The molecule has 0 bridgehead atoms. The zero-order valence-corrected chi connectivity index (χ0v) is 8.50. The SMILES string of the molecule is CC(=O)NC12CCC1C(OC(C)=O)C2. The lowest BCUT2D eigenvalue weighted by Gasteiger charge is -2.62. The van der Waals surface area contributed by atoms with Gasteiger partial charge in [-0.3, -0.25) is 9.59 Å². The summed E-state index contributed by atoms with van der Waals surface area (Å²) in [5.41, 5.74) is -0.0358. The zero-order chi connectivity index (χ0) is 10.3. The van der Waals surface area contributed by atoms with Crippen molar-refractivity contribution < 1.29 is 14.3 Å². The molecule has 3 unspecified atom stereocenters. The van der Waals surface area contributed by atoms with Gasteiger partial charge in [0.05, 0.1) is 0 Å². The normalized spacial score (nSPS) is 38.7. The van der Waals surface area contributed by atoms with Crippen molar-refractivity contribution in [1.29, 1.82) is 0 Å². The topological polar surface area (TPSA) is 55.4 Å². The monoisotopic (exact) mass is 197 g/mol. The smallest absolute Gasteiger partial charge is 0.302 e. The van der Waals surface area contributed by atoms with Crippen LogP contribution in [0.3, 0.4) is 0 Å². The quantitative estimate of drug-likeness (QED) is 0.660. The number of ether oxygens (including phenoxy) is 1. The van der Waals surface area contributed by atoms with Crippen molar-refractivity contribution in [3.05, 3.63) is 0 Å². The summed E-state index contributed by atoms with van der Waals surface area (Å²) >= 11 is 0. The second-order valence-corrected chi connectivity index (χ2v) is 4.33. The maximum Gasteiger partial charge on any atom is 0.302 e. The van der Waals surface area contributed by atoms with Crippen LogP contribution in [0, 0.1) is 5.92 Å². The minimum Gasteiger partial charge on any atom is -0.462 e. The molecule has 0 aromatic rings. The van der Waals surface area contributed by atoms with E-state index in [1.54, 1.807) is 0 Å². The molecular formula is C10H15NO3. The molecule has 14 heavy (non-hydrogen) atoms. The van der Waals surface area contributed by atoms with Crippen LogP contribution in [0.2, 0.25) is 0 Å². The zero-order valence-electron chi connectivity index (χ0n) is 8.50. The largest absolute Gasteiger partial charge is 0.462 e. The molecule has 0 aromatic carbocycles. The van der Waals surface area contributed by atoms with E-state index in [1.807, 2.05) is 0 Å². The fourth-order valence-corrected chi connectivity index (χ4v) is 2.69. The molecule has 1 N–H and O–H groups in total. The average Bonchev–Trinajstić information content (AvgIpc) is 1.99. The number of rotatable bonds is 2. The van der Waals surface area contributed by atoms with Crippen molar-refractivity contribution >= 4 is 11.9 Å². The molecule has 2 saturated carbocycles. The van der Waals surface area contributed by atoms with Crippen LogP contribution in [0.25, 0.3) is 0 Å². The predicted molar refractivity (Wildman–Crippen MR) is 49.4 cm³/mol. The van der Waals surface area contributed by atoms with Crippen LogP contribution in [0.4, 0.5) is 0 Å². The lowest BCUT2D eigenvalue weighted by atomic mass is 9.51. The molecule has 78 valence electrons. The Bertz CT molecular complexity index is 289. The first-order chi connectivity index (χ1) is 6.53. The Morgan fingerprint density at radius 3 is 2.50 bits per heavy atom. The lowest BCUT2D eigenvalue weighted by molar-refractivity contribution is -0.184. The van der Waals surface area contributed by atoms with Crippen LogP contribution in [0.15, 0.2) is 0 Å². The summed E-state index contributed by atoms with van der Waals surface area (Å²) in [6.45, 7) is 2.96. The van der Waals surface area contributed by atoms with Crippen LogP contribution in [-0.2, 0) is 14.3 Å². The molecule has 0 spiro atoms. The van der Waals surface area contributed by atoms with Crippen LogP contribution >= 0.6 is 0 Å². The highest BCUT2D eigenvalue weighted by molar-refractivity contribution is 5.74. The Hall–Kier alpha value is -1.06. The van der Waals surface area contributed by atoms with Gasteiger partial charge in [-0.25, -0.2) is 0 Å². The highest BCUT2D eigenvalue weighted by Gasteiger charge is 2.62. The Kier molecular flexibility index (Phi) is 2.01.